The first kappa shape index (κ1) is 18.2. The standard InChI is InChI=1S/C28H30N2/c1-29-16-15-23(21-11-6-3-7-12-21)28-24-13-8-14-25-27(24)22(17-26(28)29)19-30(25)18-20-9-4-2-5-10-20/h2-14,22-23,26,28H,15-19H2,1H3/t22-,23+,26-,28+/m1/s1. The van der Waals surface area contributed by atoms with E-state index in [2.05, 4.69) is 95.7 Å². The Morgan fingerprint density at radius 2 is 1.63 bits per heavy atom. The van der Waals surface area contributed by atoms with E-state index in [9.17, 15) is 0 Å². The normalized spacial score (nSPS) is 27.6. The first-order chi connectivity index (χ1) is 14.8. The van der Waals surface area contributed by atoms with E-state index in [1.807, 2.05) is 0 Å². The molecule has 152 valence electrons. The third-order valence-corrected chi connectivity index (χ3v) is 7.84. The van der Waals surface area contributed by atoms with Crippen molar-refractivity contribution in [2.75, 3.05) is 25.0 Å². The van der Waals surface area contributed by atoms with Crippen LogP contribution in [0.15, 0.2) is 78.9 Å². The largest absolute Gasteiger partial charge is 0.366 e. The lowest BCUT2D eigenvalue weighted by Crippen LogP contribution is -2.48. The highest BCUT2D eigenvalue weighted by atomic mass is 15.2. The van der Waals surface area contributed by atoms with Crippen LogP contribution in [-0.2, 0) is 6.54 Å². The van der Waals surface area contributed by atoms with Crippen LogP contribution in [0.3, 0.4) is 0 Å². The minimum Gasteiger partial charge on any atom is -0.366 e. The average molecular weight is 395 g/mol. The van der Waals surface area contributed by atoms with E-state index < -0.39 is 0 Å². The molecular weight excluding hydrogens is 364 g/mol. The maximum atomic E-state index is 2.65. The van der Waals surface area contributed by atoms with Crippen LogP contribution in [0.2, 0.25) is 0 Å². The second-order valence-electron chi connectivity index (χ2n) is 9.46. The lowest BCUT2D eigenvalue weighted by Gasteiger charge is -2.49. The van der Waals surface area contributed by atoms with E-state index in [1.54, 1.807) is 11.1 Å². The van der Waals surface area contributed by atoms with Gasteiger partial charge in [-0.25, -0.2) is 0 Å². The van der Waals surface area contributed by atoms with Crippen molar-refractivity contribution in [1.29, 1.82) is 0 Å². The Kier molecular flexibility index (Phi) is 4.42. The molecule has 2 heterocycles. The van der Waals surface area contributed by atoms with E-state index in [0.29, 0.717) is 23.8 Å². The maximum absolute atomic E-state index is 2.65. The SMILES string of the molecule is CN1CC[C@@H](c2ccccc2)[C@H]2c3cccc4c3[C@H](C[C@H]21)CN4Cc1ccccc1. The van der Waals surface area contributed by atoms with E-state index in [-0.39, 0.29) is 0 Å². The number of fused-ring (bicyclic) bond motifs is 2. The lowest BCUT2D eigenvalue weighted by molar-refractivity contribution is 0.119. The van der Waals surface area contributed by atoms with Crippen LogP contribution in [0.5, 0.6) is 0 Å². The monoisotopic (exact) mass is 394 g/mol. The highest BCUT2D eigenvalue weighted by molar-refractivity contribution is 5.65. The predicted molar refractivity (Wildman–Crippen MR) is 124 cm³/mol. The summed E-state index contributed by atoms with van der Waals surface area (Å²) in [6, 6.07) is 30.0. The lowest BCUT2D eigenvalue weighted by atomic mass is 9.64. The van der Waals surface area contributed by atoms with Crippen LogP contribution in [0.1, 0.15) is 52.8 Å². The Balaban J connectivity index is 1.41. The molecule has 1 aliphatic carbocycles. The molecule has 0 saturated carbocycles. The molecule has 3 aromatic carbocycles. The number of nitrogens with zero attached hydrogens (tertiary/aromatic N) is 2. The van der Waals surface area contributed by atoms with E-state index in [0.717, 1.165) is 13.1 Å². The highest BCUT2D eigenvalue weighted by Gasteiger charge is 2.47. The van der Waals surface area contributed by atoms with E-state index in [4.69, 9.17) is 0 Å². The van der Waals surface area contributed by atoms with Crippen molar-refractivity contribution in [1.82, 2.24) is 4.90 Å². The summed E-state index contributed by atoms with van der Waals surface area (Å²) in [7, 11) is 2.35. The first-order valence-electron chi connectivity index (χ1n) is 11.5. The molecule has 0 aromatic heterocycles. The van der Waals surface area contributed by atoms with Gasteiger partial charge >= 0.3 is 0 Å². The maximum Gasteiger partial charge on any atom is 0.0429 e. The fraction of sp³-hybridized carbons (Fsp3) is 0.357. The Morgan fingerprint density at radius 3 is 2.43 bits per heavy atom. The average Bonchev–Trinajstić information content (AvgIpc) is 3.14. The van der Waals surface area contributed by atoms with Gasteiger partial charge in [0, 0.05) is 36.7 Å². The van der Waals surface area contributed by atoms with Gasteiger partial charge in [0.05, 0.1) is 0 Å². The zero-order valence-corrected chi connectivity index (χ0v) is 17.7. The molecule has 6 rings (SSSR count). The Labute approximate surface area is 180 Å². The van der Waals surface area contributed by atoms with Crippen molar-refractivity contribution in [3.05, 3.63) is 101 Å². The van der Waals surface area contributed by atoms with E-state index >= 15 is 0 Å². The summed E-state index contributed by atoms with van der Waals surface area (Å²) in [6.07, 6.45) is 2.55. The smallest absolute Gasteiger partial charge is 0.0429 e. The molecule has 2 nitrogen and oxygen atoms in total. The molecule has 1 fully saturated rings. The molecule has 4 atom stereocenters. The number of anilines is 1. The molecule has 2 aliphatic heterocycles. The summed E-state index contributed by atoms with van der Waals surface area (Å²) in [5, 5.41) is 0. The first-order valence-corrected chi connectivity index (χ1v) is 11.5. The van der Waals surface area contributed by atoms with Gasteiger partial charge in [-0.2, -0.15) is 0 Å². The van der Waals surface area contributed by atoms with Crippen molar-refractivity contribution in [3.63, 3.8) is 0 Å². The van der Waals surface area contributed by atoms with Crippen molar-refractivity contribution in [2.24, 2.45) is 0 Å². The summed E-state index contributed by atoms with van der Waals surface area (Å²) >= 11 is 0. The van der Waals surface area contributed by atoms with E-state index in [1.165, 1.54) is 36.2 Å². The van der Waals surface area contributed by atoms with Gasteiger partial charge in [-0.1, -0.05) is 72.8 Å². The molecule has 0 spiro atoms. The van der Waals surface area contributed by atoms with Gasteiger partial charge in [-0.05, 0) is 60.7 Å². The zero-order valence-electron chi connectivity index (χ0n) is 17.7. The molecule has 0 radical (unpaired) electrons. The van der Waals surface area contributed by atoms with Crippen LogP contribution < -0.4 is 4.90 Å². The molecule has 1 saturated heterocycles. The molecule has 3 aliphatic rings. The second-order valence-corrected chi connectivity index (χ2v) is 9.46. The molecule has 0 unspecified atom stereocenters. The number of hydrogen-bond donors (Lipinski definition) is 0. The van der Waals surface area contributed by atoms with Crippen LogP contribution in [0.4, 0.5) is 5.69 Å². The van der Waals surface area contributed by atoms with Gasteiger partial charge in [0.15, 0.2) is 0 Å². The third kappa shape index (κ3) is 2.89. The van der Waals surface area contributed by atoms with Crippen molar-refractivity contribution in [3.8, 4) is 0 Å². The Morgan fingerprint density at radius 1 is 0.867 bits per heavy atom. The summed E-state index contributed by atoms with van der Waals surface area (Å²) in [5.74, 6) is 1.90. The number of likely N-dealkylation sites (tertiary alicyclic amines) is 1. The topological polar surface area (TPSA) is 6.48 Å². The fourth-order valence-corrected chi connectivity index (χ4v) is 6.53. The number of likely N-dealkylation sites (N-methyl/N-ethyl adjacent to an activating group) is 1. The van der Waals surface area contributed by atoms with Gasteiger partial charge in [-0.3, -0.25) is 0 Å². The third-order valence-electron chi connectivity index (χ3n) is 7.84. The molecule has 0 amide bonds. The molecule has 0 N–H and O–H groups in total. The van der Waals surface area contributed by atoms with Gasteiger partial charge in [0.25, 0.3) is 0 Å². The Bertz CT molecular complexity index is 1030. The molecule has 0 bridgehead atoms. The number of rotatable bonds is 3. The quantitative estimate of drug-likeness (QED) is 0.557. The number of benzene rings is 3. The predicted octanol–water partition coefficient (Wildman–Crippen LogP) is 5.77. The molecule has 30 heavy (non-hydrogen) atoms. The fourth-order valence-electron chi connectivity index (χ4n) is 6.53. The number of piperidine rings is 1. The highest BCUT2D eigenvalue weighted by Crippen LogP contribution is 2.55. The van der Waals surface area contributed by atoms with Crippen molar-refractivity contribution < 1.29 is 0 Å². The van der Waals surface area contributed by atoms with Crippen LogP contribution in [0, 0.1) is 0 Å². The molecule has 2 heteroatoms. The van der Waals surface area contributed by atoms with Crippen LogP contribution >= 0.6 is 0 Å². The zero-order chi connectivity index (χ0) is 20.1. The summed E-state index contributed by atoms with van der Waals surface area (Å²) in [6.45, 7) is 3.38. The van der Waals surface area contributed by atoms with Gasteiger partial charge in [-0.15, -0.1) is 0 Å². The molecular formula is C28H30N2. The Hall–Kier alpha value is -2.58. The van der Waals surface area contributed by atoms with Gasteiger partial charge < -0.3 is 9.80 Å². The van der Waals surface area contributed by atoms with Gasteiger partial charge in [0.1, 0.15) is 0 Å². The summed E-state index contributed by atoms with van der Waals surface area (Å²) in [4.78, 5) is 5.28. The summed E-state index contributed by atoms with van der Waals surface area (Å²) in [5.41, 5.74) is 7.71. The minimum atomic E-state index is 0.606. The molecule has 3 aromatic rings. The van der Waals surface area contributed by atoms with Crippen molar-refractivity contribution >= 4 is 5.69 Å². The number of hydrogen-bond acceptors (Lipinski definition) is 2. The second kappa shape index (κ2) is 7.28. The van der Waals surface area contributed by atoms with Crippen LogP contribution in [0.25, 0.3) is 0 Å². The van der Waals surface area contributed by atoms with Crippen LogP contribution in [-0.4, -0.2) is 31.1 Å². The van der Waals surface area contributed by atoms with Crippen molar-refractivity contribution in [2.45, 2.75) is 43.2 Å². The minimum absolute atomic E-state index is 0.606. The summed E-state index contributed by atoms with van der Waals surface area (Å²) < 4.78 is 0. The van der Waals surface area contributed by atoms with Gasteiger partial charge in [0.2, 0.25) is 0 Å².